The molecule has 29 heavy (non-hydrogen) atoms. The number of thioether (sulfide) groups is 1. The number of guanidine groups is 1. The topological polar surface area (TPSA) is 108 Å². The second-order valence-corrected chi connectivity index (χ2v) is 7.75. The number of nitrogens with one attached hydrogen (secondary N) is 3. The number of amidine groups is 1. The van der Waals surface area contributed by atoms with E-state index in [4.69, 9.17) is 5.73 Å². The van der Waals surface area contributed by atoms with Gasteiger partial charge in [-0.3, -0.25) is 4.79 Å². The molecule has 0 unspecified atom stereocenters. The monoisotopic (exact) mass is 406 g/mol. The number of nitrogens with two attached hydrogens (primary N) is 1. The minimum Gasteiger partial charge on any atom is -0.370 e. The van der Waals surface area contributed by atoms with E-state index in [2.05, 4.69) is 25.6 Å². The molecule has 0 bridgehead atoms. The number of benzene rings is 2. The third-order valence-electron chi connectivity index (χ3n) is 4.59. The van der Waals surface area contributed by atoms with Gasteiger partial charge in [-0.15, -0.1) is 0 Å². The van der Waals surface area contributed by atoms with Crippen LogP contribution in [0.15, 0.2) is 64.7 Å². The summed E-state index contributed by atoms with van der Waals surface area (Å²) in [5, 5.41) is 7.50. The van der Waals surface area contributed by atoms with Gasteiger partial charge in [-0.2, -0.15) is 0 Å². The van der Waals surface area contributed by atoms with Gasteiger partial charge in [-0.05, 0) is 18.6 Å². The van der Waals surface area contributed by atoms with Crippen LogP contribution in [0.4, 0.5) is 0 Å². The van der Waals surface area contributed by atoms with Crippen molar-refractivity contribution in [2.75, 3.05) is 5.75 Å². The lowest BCUT2D eigenvalue weighted by Gasteiger charge is -2.18. The number of para-hydroxylation sites is 1. The van der Waals surface area contributed by atoms with E-state index >= 15 is 0 Å². The highest BCUT2D eigenvalue weighted by molar-refractivity contribution is 8.14. The number of fused-ring (bicyclic) bond motifs is 1. The molecule has 1 amide bonds. The molecule has 7 nitrogen and oxygen atoms in total. The molecule has 0 fully saturated rings. The Balaban J connectivity index is 1.38. The number of H-pyrrole nitrogens is 1. The maximum absolute atomic E-state index is 12.2. The van der Waals surface area contributed by atoms with Gasteiger partial charge in [0.05, 0.1) is 5.75 Å². The van der Waals surface area contributed by atoms with Gasteiger partial charge < -0.3 is 21.4 Å². The SMILES string of the molecule is Cc1ccc(CNC(=O)CSC2=N[C@H](c3c[nH]c4ccccc34)N=C(N)N2)cc1. The van der Waals surface area contributed by atoms with E-state index in [1.165, 1.54) is 17.3 Å². The van der Waals surface area contributed by atoms with Crippen molar-refractivity contribution in [1.29, 1.82) is 0 Å². The van der Waals surface area contributed by atoms with E-state index in [0.29, 0.717) is 11.7 Å². The van der Waals surface area contributed by atoms with Crippen LogP contribution in [0, 0.1) is 6.92 Å². The minimum absolute atomic E-state index is 0.0650. The van der Waals surface area contributed by atoms with Crippen molar-refractivity contribution >= 4 is 39.7 Å². The van der Waals surface area contributed by atoms with Crippen LogP contribution in [-0.4, -0.2) is 27.8 Å². The zero-order valence-electron chi connectivity index (χ0n) is 16.0. The highest BCUT2D eigenvalue weighted by Gasteiger charge is 2.20. The van der Waals surface area contributed by atoms with Crippen LogP contribution in [0.25, 0.3) is 10.9 Å². The molecule has 3 aromatic rings. The molecule has 5 N–H and O–H groups in total. The average molecular weight is 407 g/mol. The van der Waals surface area contributed by atoms with Crippen molar-refractivity contribution in [3.8, 4) is 0 Å². The molecule has 1 aliphatic rings. The van der Waals surface area contributed by atoms with Gasteiger partial charge in [0.25, 0.3) is 0 Å². The van der Waals surface area contributed by atoms with Crippen molar-refractivity contribution in [2.45, 2.75) is 19.6 Å². The molecule has 148 valence electrons. The Bertz CT molecular complexity index is 1090. The van der Waals surface area contributed by atoms with Crippen LogP contribution < -0.4 is 16.4 Å². The van der Waals surface area contributed by atoms with Crippen molar-refractivity contribution in [3.05, 3.63) is 71.4 Å². The van der Waals surface area contributed by atoms with Crippen LogP contribution in [0.5, 0.6) is 0 Å². The molecule has 4 rings (SSSR count). The second kappa shape index (κ2) is 8.40. The molecule has 2 heterocycles. The van der Waals surface area contributed by atoms with Gasteiger partial charge >= 0.3 is 0 Å². The van der Waals surface area contributed by atoms with Gasteiger partial charge in [-0.25, -0.2) is 9.98 Å². The predicted octanol–water partition coefficient (Wildman–Crippen LogP) is 2.80. The summed E-state index contributed by atoms with van der Waals surface area (Å²) in [6.07, 6.45) is 1.46. The van der Waals surface area contributed by atoms with Crippen LogP contribution >= 0.6 is 11.8 Å². The Morgan fingerprint density at radius 1 is 1.17 bits per heavy atom. The zero-order valence-corrected chi connectivity index (χ0v) is 16.8. The number of carbonyl (C=O) groups excluding carboxylic acids is 1. The summed E-state index contributed by atoms with van der Waals surface area (Å²) in [6, 6.07) is 16.1. The Morgan fingerprint density at radius 2 is 1.97 bits per heavy atom. The number of aryl methyl sites for hydroxylation is 1. The summed E-state index contributed by atoms with van der Waals surface area (Å²) in [5.74, 6) is 0.466. The Hall–Kier alpha value is -3.26. The number of rotatable bonds is 5. The first kappa shape index (κ1) is 19.1. The highest BCUT2D eigenvalue weighted by Crippen LogP contribution is 2.29. The van der Waals surface area contributed by atoms with Crippen molar-refractivity contribution in [2.24, 2.45) is 15.7 Å². The van der Waals surface area contributed by atoms with E-state index in [-0.39, 0.29) is 17.6 Å². The molecule has 0 saturated heterocycles. The number of hydrogen-bond acceptors (Lipinski definition) is 6. The van der Waals surface area contributed by atoms with Crippen LogP contribution in [-0.2, 0) is 11.3 Å². The fourth-order valence-corrected chi connectivity index (χ4v) is 3.78. The van der Waals surface area contributed by atoms with Gasteiger partial charge in [0.1, 0.15) is 0 Å². The number of hydrogen-bond donors (Lipinski definition) is 4. The minimum atomic E-state index is -0.439. The number of aromatic amines is 1. The third-order valence-corrected chi connectivity index (χ3v) is 5.47. The summed E-state index contributed by atoms with van der Waals surface area (Å²) >= 11 is 1.31. The molecule has 8 heteroatoms. The normalized spacial score (nSPS) is 16.1. The molecular formula is C21H22N6OS. The van der Waals surface area contributed by atoms with Crippen LogP contribution in [0.1, 0.15) is 22.9 Å². The first-order valence-electron chi connectivity index (χ1n) is 9.27. The third kappa shape index (κ3) is 4.60. The van der Waals surface area contributed by atoms with Gasteiger partial charge in [0.15, 0.2) is 17.3 Å². The maximum atomic E-state index is 12.2. The highest BCUT2D eigenvalue weighted by atomic mass is 32.2. The van der Waals surface area contributed by atoms with E-state index in [9.17, 15) is 4.79 Å². The summed E-state index contributed by atoms with van der Waals surface area (Å²) < 4.78 is 0. The lowest BCUT2D eigenvalue weighted by molar-refractivity contribution is -0.118. The number of carbonyl (C=O) groups is 1. The van der Waals surface area contributed by atoms with E-state index < -0.39 is 6.17 Å². The smallest absolute Gasteiger partial charge is 0.230 e. The van der Waals surface area contributed by atoms with E-state index in [1.807, 2.05) is 61.7 Å². The molecule has 1 aliphatic heterocycles. The second-order valence-electron chi connectivity index (χ2n) is 6.79. The van der Waals surface area contributed by atoms with Crippen molar-refractivity contribution in [1.82, 2.24) is 15.6 Å². The Morgan fingerprint density at radius 3 is 2.79 bits per heavy atom. The molecule has 0 saturated carbocycles. The number of nitrogens with zero attached hydrogens (tertiary/aromatic N) is 2. The molecule has 1 atom stereocenters. The molecule has 1 aromatic heterocycles. The van der Waals surface area contributed by atoms with Crippen LogP contribution in [0.2, 0.25) is 0 Å². The summed E-state index contributed by atoms with van der Waals surface area (Å²) in [6.45, 7) is 2.54. The van der Waals surface area contributed by atoms with E-state index in [0.717, 1.165) is 22.0 Å². The molecule has 0 radical (unpaired) electrons. The molecule has 0 spiro atoms. The zero-order chi connectivity index (χ0) is 20.2. The van der Waals surface area contributed by atoms with Crippen molar-refractivity contribution in [3.63, 3.8) is 0 Å². The number of amides is 1. The Kier molecular flexibility index (Phi) is 5.53. The molecule has 0 aliphatic carbocycles. The Labute approximate surface area is 172 Å². The van der Waals surface area contributed by atoms with Gasteiger partial charge in [-0.1, -0.05) is 59.8 Å². The van der Waals surface area contributed by atoms with Crippen molar-refractivity contribution < 1.29 is 4.79 Å². The number of aliphatic imine (C=N–C) groups is 2. The summed E-state index contributed by atoms with van der Waals surface area (Å²) in [5.41, 5.74) is 10.2. The quantitative estimate of drug-likeness (QED) is 0.522. The lowest BCUT2D eigenvalue weighted by atomic mass is 10.1. The maximum Gasteiger partial charge on any atom is 0.230 e. The first-order chi connectivity index (χ1) is 14.1. The number of aromatic nitrogens is 1. The lowest BCUT2D eigenvalue weighted by Crippen LogP contribution is -2.39. The standard InChI is InChI=1S/C21H22N6OS/c1-13-6-8-14(9-7-13)10-24-18(28)12-29-21-26-19(25-20(22)27-21)16-11-23-17-5-3-2-4-15(16)17/h2-9,11,19,23H,10,12H2,1H3,(H,24,28)(H3,22,25,26,27)/t19-/m1/s1. The average Bonchev–Trinajstić information content (AvgIpc) is 3.16. The largest absolute Gasteiger partial charge is 0.370 e. The summed E-state index contributed by atoms with van der Waals surface area (Å²) in [4.78, 5) is 24.5. The van der Waals surface area contributed by atoms with Gasteiger partial charge in [0, 0.05) is 29.2 Å². The fraction of sp³-hybridized carbons (Fsp3) is 0.190. The van der Waals surface area contributed by atoms with Gasteiger partial charge in [0.2, 0.25) is 5.91 Å². The fourth-order valence-electron chi connectivity index (χ4n) is 3.06. The molecular weight excluding hydrogens is 384 g/mol. The molecule has 2 aromatic carbocycles. The summed E-state index contributed by atoms with van der Waals surface area (Å²) in [7, 11) is 0. The predicted molar refractivity (Wildman–Crippen MR) is 119 cm³/mol. The van der Waals surface area contributed by atoms with Crippen LogP contribution in [0.3, 0.4) is 0 Å². The van der Waals surface area contributed by atoms with E-state index in [1.54, 1.807) is 0 Å². The first-order valence-corrected chi connectivity index (χ1v) is 10.3.